The predicted octanol–water partition coefficient (Wildman–Crippen LogP) is 1.99. The van der Waals surface area contributed by atoms with E-state index in [0.29, 0.717) is 11.7 Å². The first-order chi connectivity index (χ1) is 5.99. The maximum absolute atomic E-state index is 11.9. The molecule has 0 spiro atoms. The Bertz CT molecular complexity index is 194. The Hall–Kier alpha value is -0.370. The molecule has 0 saturated heterocycles. The highest BCUT2D eigenvalue weighted by molar-refractivity contribution is 5.91. The molecular formula is C11H21NO. The normalized spacial score (nSPS) is 21.6. The molecule has 76 valence electrons. The molecule has 1 aliphatic rings. The predicted molar refractivity (Wildman–Crippen MR) is 54.7 cm³/mol. The van der Waals surface area contributed by atoms with Crippen LogP contribution in [0, 0.1) is 11.3 Å². The number of nitrogens with one attached hydrogen (secondary N) is 1. The van der Waals surface area contributed by atoms with Crippen molar-refractivity contribution in [2.75, 3.05) is 7.05 Å². The minimum atomic E-state index is 0.0164. The van der Waals surface area contributed by atoms with Gasteiger partial charge in [0, 0.05) is 5.41 Å². The molecule has 0 radical (unpaired) electrons. The number of Topliss-reactive ketones (excluding diaryl/α,β-unsaturated/α-hetero) is 1. The van der Waals surface area contributed by atoms with Crippen LogP contribution >= 0.6 is 0 Å². The van der Waals surface area contributed by atoms with Gasteiger partial charge in [0.2, 0.25) is 0 Å². The second-order valence-corrected chi connectivity index (χ2v) is 4.90. The van der Waals surface area contributed by atoms with Gasteiger partial charge < -0.3 is 5.32 Å². The summed E-state index contributed by atoms with van der Waals surface area (Å²) in [5, 5.41) is 3.13. The van der Waals surface area contributed by atoms with Crippen LogP contribution in [0.2, 0.25) is 0 Å². The van der Waals surface area contributed by atoms with E-state index >= 15 is 0 Å². The molecule has 0 heterocycles. The third-order valence-corrected chi connectivity index (χ3v) is 2.97. The average Bonchev–Trinajstić information content (AvgIpc) is 2.79. The van der Waals surface area contributed by atoms with Gasteiger partial charge in [-0.05, 0) is 32.2 Å². The first kappa shape index (κ1) is 10.7. The Kier molecular flexibility index (Phi) is 3.12. The van der Waals surface area contributed by atoms with Crippen LogP contribution in [0.5, 0.6) is 0 Å². The smallest absolute Gasteiger partial charge is 0.155 e. The number of carbonyl (C=O) groups is 1. The number of hydrogen-bond acceptors (Lipinski definition) is 2. The van der Waals surface area contributed by atoms with Gasteiger partial charge in [0.25, 0.3) is 0 Å². The number of hydrogen-bond donors (Lipinski definition) is 1. The third-order valence-electron chi connectivity index (χ3n) is 2.97. The summed E-state index contributed by atoms with van der Waals surface area (Å²) in [4.78, 5) is 11.9. The lowest BCUT2D eigenvalue weighted by Crippen LogP contribution is -2.39. The molecule has 0 amide bonds. The van der Waals surface area contributed by atoms with Gasteiger partial charge in [-0.25, -0.2) is 0 Å². The number of ketones is 1. The molecule has 0 unspecified atom stereocenters. The summed E-state index contributed by atoms with van der Waals surface area (Å²) in [6.07, 6.45) is 3.13. The molecule has 1 saturated carbocycles. The van der Waals surface area contributed by atoms with Crippen molar-refractivity contribution in [1.82, 2.24) is 5.32 Å². The monoisotopic (exact) mass is 183 g/mol. The lowest BCUT2D eigenvalue weighted by molar-refractivity contribution is -0.125. The highest BCUT2D eigenvalue weighted by atomic mass is 16.1. The van der Waals surface area contributed by atoms with E-state index in [9.17, 15) is 4.79 Å². The lowest BCUT2D eigenvalue weighted by atomic mass is 9.91. The van der Waals surface area contributed by atoms with Crippen molar-refractivity contribution in [1.29, 1.82) is 0 Å². The van der Waals surface area contributed by atoms with Gasteiger partial charge in [0.05, 0.1) is 6.04 Å². The molecule has 1 fully saturated rings. The molecule has 1 N–H and O–H groups in total. The van der Waals surface area contributed by atoms with Crippen molar-refractivity contribution in [2.45, 2.75) is 46.1 Å². The molecule has 0 aromatic heterocycles. The van der Waals surface area contributed by atoms with Crippen LogP contribution in [0.3, 0.4) is 0 Å². The van der Waals surface area contributed by atoms with Crippen LogP contribution in [0.25, 0.3) is 0 Å². The molecule has 0 aromatic rings. The van der Waals surface area contributed by atoms with E-state index in [1.54, 1.807) is 0 Å². The van der Waals surface area contributed by atoms with Crippen molar-refractivity contribution < 1.29 is 4.79 Å². The Morgan fingerprint density at radius 3 is 2.31 bits per heavy atom. The van der Waals surface area contributed by atoms with Crippen molar-refractivity contribution in [3.63, 3.8) is 0 Å². The Labute approximate surface area is 81.1 Å². The van der Waals surface area contributed by atoms with Gasteiger partial charge in [0.1, 0.15) is 0 Å². The lowest BCUT2D eigenvalue weighted by Gasteiger charge is -2.20. The largest absolute Gasteiger partial charge is 0.311 e. The summed E-state index contributed by atoms with van der Waals surface area (Å²) >= 11 is 0. The molecule has 2 heteroatoms. The molecule has 2 nitrogen and oxygen atoms in total. The van der Waals surface area contributed by atoms with E-state index in [4.69, 9.17) is 0 Å². The van der Waals surface area contributed by atoms with Gasteiger partial charge >= 0.3 is 0 Å². The van der Waals surface area contributed by atoms with Crippen molar-refractivity contribution in [3.05, 3.63) is 0 Å². The quantitative estimate of drug-likeness (QED) is 0.706. The molecule has 0 aliphatic heterocycles. The number of likely N-dealkylation sites (N-methyl/N-ethyl adjacent to an activating group) is 1. The van der Waals surface area contributed by atoms with Gasteiger partial charge in [-0.2, -0.15) is 0 Å². The fraction of sp³-hybridized carbons (Fsp3) is 0.909. The van der Waals surface area contributed by atoms with Gasteiger partial charge in [-0.1, -0.05) is 20.8 Å². The summed E-state index contributed by atoms with van der Waals surface area (Å²) in [5.74, 6) is 1.01. The SMILES string of the molecule is CN[C@@H](CC(C)C)C(=O)C1(C)CC1. The zero-order valence-corrected chi connectivity index (χ0v) is 9.18. The van der Waals surface area contributed by atoms with Crippen LogP contribution in [-0.4, -0.2) is 18.9 Å². The molecule has 0 bridgehead atoms. The Morgan fingerprint density at radius 1 is 1.46 bits per heavy atom. The first-order valence-electron chi connectivity index (χ1n) is 5.21. The molecule has 1 atom stereocenters. The highest BCUT2D eigenvalue weighted by Crippen LogP contribution is 2.46. The molecule has 0 aromatic carbocycles. The van der Waals surface area contributed by atoms with E-state index in [2.05, 4.69) is 26.1 Å². The van der Waals surface area contributed by atoms with Crippen molar-refractivity contribution >= 4 is 5.78 Å². The van der Waals surface area contributed by atoms with Crippen molar-refractivity contribution in [3.8, 4) is 0 Å². The highest BCUT2D eigenvalue weighted by Gasteiger charge is 2.46. The first-order valence-corrected chi connectivity index (χ1v) is 5.21. The van der Waals surface area contributed by atoms with Crippen LogP contribution in [0.15, 0.2) is 0 Å². The van der Waals surface area contributed by atoms with E-state index < -0.39 is 0 Å². The summed E-state index contributed by atoms with van der Waals surface area (Å²) in [5.41, 5.74) is 0.0164. The third kappa shape index (κ3) is 2.53. The fourth-order valence-electron chi connectivity index (χ4n) is 1.68. The molecule has 1 aliphatic carbocycles. The van der Waals surface area contributed by atoms with E-state index in [1.165, 1.54) is 0 Å². The average molecular weight is 183 g/mol. The number of carbonyl (C=O) groups excluding carboxylic acids is 1. The van der Waals surface area contributed by atoms with Crippen LogP contribution < -0.4 is 5.32 Å². The van der Waals surface area contributed by atoms with Gasteiger partial charge in [-0.3, -0.25) is 4.79 Å². The standard InChI is InChI=1S/C11H21NO/c1-8(2)7-9(12-4)10(13)11(3)5-6-11/h8-9,12H,5-7H2,1-4H3/t9-/m0/s1. The minimum absolute atomic E-state index is 0.0164. The van der Waals surface area contributed by atoms with Gasteiger partial charge in [0.15, 0.2) is 5.78 Å². The van der Waals surface area contributed by atoms with Crippen molar-refractivity contribution in [2.24, 2.45) is 11.3 Å². The molecule has 13 heavy (non-hydrogen) atoms. The zero-order chi connectivity index (χ0) is 10.1. The van der Waals surface area contributed by atoms with E-state index in [0.717, 1.165) is 19.3 Å². The van der Waals surface area contributed by atoms with Crippen LogP contribution in [-0.2, 0) is 4.79 Å². The Morgan fingerprint density at radius 2 is 2.00 bits per heavy atom. The summed E-state index contributed by atoms with van der Waals surface area (Å²) in [6.45, 7) is 6.40. The summed E-state index contributed by atoms with van der Waals surface area (Å²) in [6, 6.07) is 0.0764. The molecular weight excluding hydrogens is 162 g/mol. The van der Waals surface area contributed by atoms with Crippen LogP contribution in [0.4, 0.5) is 0 Å². The number of rotatable bonds is 5. The summed E-state index contributed by atoms with van der Waals surface area (Å²) in [7, 11) is 1.89. The topological polar surface area (TPSA) is 29.1 Å². The summed E-state index contributed by atoms with van der Waals surface area (Å²) < 4.78 is 0. The second-order valence-electron chi connectivity index (χ2n) is 4.90. The van der Waals surface area contributed by atoms with Crippen LogP contribution in [0.1, 0.15) is 40.0 Å². The fourth-order valence-corrected chi connectivity index (χ4v) is 1.68. The minimum Gasteiger partial charge on any atom is -0.311 e. The second kappa shape index (κ2) is 3.79. The maximum Gasteiger partial charge on any atom is 0.155 e. The maximum atomic E-state index is 11.9. The Balaban J connectivity index is 2.51. The van der Waals surface area contributed by atoms with E-state index in [-0.39, 0.29) is 11.5 Å². The molecule has 1 rings (SSSR count). The van der Waals surface area contributed by atoms with E-state index in [1.807, 2.05) is 7.05 Å². The van der Waals surface area contributed by atoms with Gasteiger partial charge in [-0.15, -0.1) is 0 Å². The zero-order valence-electron chi connectivity index (χ0n) is 9.18.